The number of carbonyl (C=O) groups is 1. The van der Waals surface area contributed by atoms with E-state index < -0.39 is 0 Å². The second-order valence-electron chi connectivity index (χ2n) is 8.32. The lowest BCUT2D eigenvalue weighted by molar-refractivity contribution is 0.0556. The zero-order chi connectivity index (χ0) is 20.4. The Morgan fingerprint density at radius 3 is 2.72 bits per heavy atom. The van der Waals surface area contributed by atoms with Crippen molar-refractivity contribution in [3.8, 4) is 0 Å². The van der Waals surface area contributed by atoms with Gasteiger partial charge in [0.2, 0.25) is 0 Å². The quantitative estimate of drug-likeness (QED) is 0.856. The van der Waals surface area contributed by atoms with Gasteiger partial charge in [0, 0.05) is 49.5 Å². The standard InChI is InChI=1S/C23H28FN3O2/c1-26(2)15-18-13-17(7-8-20(18)24)14-25-22(28)27-16-23(9-11-29-12-10-23)19-5-3-4-6-21(19)27/h3-8,13H,9-12,14-16H2,1-2H3,(H,25,28). The first-order valence-corrected chi connectivity index (χ1v) is 10.1. The Balaban J connectivity index is 1.48. The van der Waals surface area contributed by atoms with E-state index in [4.69, 9.17) is 4.74 Å². The lowest BCUT2D eigenvalue weighted by Crippen LogP contribution is -2.44. The number of urea groups is 1. The highest BCUT2D eigenvalue weighted by atomic mass is 19.1. The van der Waals surface area contributed by atoms with Crippen LogP contribution in [0.2, 0.25) is 0 Å². The molecule has 5 nitrogen and oxygen atoms in total. The molecule has 4 rings (SSSR count). The maximum atomic E-state index is 14.0. The molecule has 2 amide bonds. The molecule has 0 unspecified atom stereocenters. The largest absolute Gasteiger partial charge is 0.381 e. The number of halogens is 1. The molecule has 2 aliphatic rings. The summed E-state index contributed by atoms with van der Waals surface area (Å²) in [6.45, 7) is 3.03. The molecular formula is C23H28FN3O2. The number of rotatable bonds is 4. The summed E-state index contributed by atoms with van der Waals surface area (Å²) in [5.74, 6) is -0.219. The average molecular weight is 397 g/mol. The first-order valence-electron chi connectivity index (χ1n) is 10.1. The minimum Gasteiger partial charge on any atom is -0.381 e. The first kappa shape index (κ1) is 19.9. The molecule has 1 fully saturated rings. The summed E-state index contributed by atoms with van der Waals surface area (Å²) < 4.78 is 19.6. The van der Waals surface area contributed by atoms with Crippen LogP contribution in [0, 0.1) is 5.82 Å². The Labute approximate surface area is 171 Å². The Kier molecular flexibility index (Phi) is 5.56. The van der Waals surface area contributed by atoms with Crippen LogP contribution in [0.1, 0.15) is 29.5 Å². The van der Waals surface area contributed by atoms with Gasteiger partial charge in [-0.05, 0) is 56.3 Å². The molecule has 29 heavy (non-hydrogen) atoms. The lowest BCUT2D eigenvalue weighted by Gasteiger charge is -2.34. The molecule has 0 aromatic heterocycles. The summed E-state index contributed by atoms with van der Waals surface area (Å²) in [5, 5.41) is 3.02. The van der Waals surface area contributed by atoms with Crippen molar-refractivity contribution in [1.82, 2.24) is 10.2 Å². The van der Waals surface area contributed by atoms with Gasteiger partial charge in [-0.3, -0.25) is 4.90 Å². The summed E-state index contributed by atoms with van der Waals surface area (Å²) in [5.41, 5.74) is 3.74. The SMILES string of the molecule is CN(C)Cc1cc(CNC(=O)N2CC3(CCOCC3)c3ccccc32)ccc1F. The minimum absolute atomic E-state index is 0.0130. The van der Waals surface area contributed by atoms with Crippen molar-refractivity contribution in [2.75, 3.05) is 38.8 Å². The minimum atomic E-state index is -0.219. The lowest BCUT2D eigenvalue weighted by atomic mass is 9.76. The predicted octanol–water partition coefficient (Wildman–Crippen LogP) is 3.67. The van der Waals surface area contributed by atoms with E-state index in [1.807, 2.05) is 48.2 Å². The molecular weight excluding hydrogens is 369 g/mol. The highest BCUT2D eigenvalue weighted by Gasteiger charge is 2.45. The van der Waals surface area contributed by atoms with Gasteiger partial charge in [-0.2, -0.15) is 0 Å². The molecule has 1 spiro atoms. The number of hydrogen-bond acceptors (Lipinski definition) is 3. The Morgan fingerprint density at radius 1 is 1.21 bits per heavy atom. The normalized spacial score (nSPS) is 17.6. The van der Waals surface area contributed by atoms with Crippen LogP contribution in [0.3, 0.4) is 0 Å². The number of nitrogens with one attached hydrogen (secondary N) is 1. The zero-order valence-corrected chi connectivity index (χ0v) is 17.1. The molecule has 2 heterocycles. The van der Waals surface area contributed by atoms with Gasteiger partial charge in [-0.25, -0.2) is 9.18 Å². The molecule has 0 bridgehead atoms. The Morgan fingerprint density at radius 2 is 1.97 bits per heavy atom. The maximum absolute atomic E-state index is 14.0. The number of ether oxygens (including phenoxy) is 1. The average Bonchev–Trinajstić information content (AvgIpc) is 3.03. The van der Waals surface area contributed by atoms with Crippen molar-refractivity contribution in [2.45, 2.75) is 31.3 Å². The zero-order valence-electron chi connectivity index (χ0n) is 17.1. The van der Waals surface area contributed by atoms with Crippen LogP contribution in [0.25, 0.3) is 0 Å². The number of para-hydroxylation sites is 1. The third-order valence-corrected chi connectivity index (χ3v) is 5.96. The molecule has 0 aliphatic carbocycles. The van der Waals surface area contributed by atoms with Gasteiger partial charge in [0.15, 0.2) is 0 Å². The molecule has 0 saturated carbocycles. The molecule has 0 radical (unpaired) electrons. The van der Waals surface area contributed by atoms with Crippen LogP contribution < -0.4 is 10.2 Å². The van der Waals surface area contributed by atoms with E-state index in [2.05, 4.69) is 11.4 Å². The van der Waals surface area contributed by atoms with Gasteiger partial charge in [0.1, 0.15) is 5.82 Å². The number of benzene rings is 2. The van der Waals surface area contributed by atoms with E-state index in [-0.39, 0.29) is 17.3 Å². The van der Waals surface area contributed by atoms with Gasteiger partial charge in [-0.1, -0.05) is 24.3 Å². The molecule has 2 aliphatic heterocycles. The molecule has 6 heteroatoms. The van der Waals surface area contributed by atoms with Crippen LogP contribution in [-0.4, -0.2) is 44.8 Å². The fourth-order valence-electron chi connectivity index (χ4n) is 4.47. The van der Waals surface area contributed by atoms with Gasteiger partial charge in [-0.15, -0.1) is 0 Å². The fourth-order valence-corrected chi connectivity index (χ4v) is 4.47. The highest BCUT2D eigenvalue weighted by molar-refractivity contribution is 5.95. The first-order chi connectivity index (χ1) is 14.0. The molecule has 2 aromatic carbocycles. The highest BCUT2D eigenvalue weighted by Crippen LogP contribution is 2.46. The van der Waals surface area contributed by atoms with Crippen LogP contribution in [0.4, 0.5) is 14.9 Å². The summed E-state index contributed by atoms with van der Waals surface area (Å²) in [6, 6.07) is 13.1. The third-order valence-electron chi connectivity index (χ3n) is 5.96. The predicted molar refractivity (Wildman–Crippen MR) is 112 cm³/mol. The van der Waals surface area contributed by atoms with Crippen LogP contribution in [-0.2, 0) is 23.2 Å². The number of nitrogens with zero attached hydrogens (tertiary/aromatic N) is 2. The number of amides is 2. The Hall–Kier alpha value is -2.44. The van der Waals surface area contributed by atoms with Gasteiger partial charge >= 0.3 is 6.03 Å². The summed E-state index contributed by atoms with van der Waals surface area (Å²) in [7, 11) is 3.82. The van der Waals surface area contributed by atoms with Gasteiger partial charge < -0.3 is 15.0 Å². The van der Waals surface area contributed by atoms with Crippen molar-refractivity contribution in [2.24, 2.45) is 0 Å². The maximum Gasteiger partial charge on any atom is 0.322 e. The van der Waals surface area contributed by atoms with Crippen LogP contribution >= 0.6 is 0 Å². The molecule has 1 N–H and O–H groups in total. The van der Waals surface area contributed by atoms with Crippen molar-refractivity contribution in [1.29, 1.82) is 0 Å². The van der Waals surface area contributed by atoms with E-state index in [0.717, 1.165) is 37.3 Å². The second kappa shape index (κ2) is 8.13. The number of fused-ring (bicyclic) bond motifs is 2. The van der Waals surface area contributed by atoms with Crippen LogP contribution in [0.15, 0.2) is 42.5 Å². The smallest absolute Gasteiger partial charge is 0.322 e. The van der Waals surface area contributed by atoms with Crippen molar-refractivity contribution >= 4 is 11.7 Å². The number of anilines is 1. The second-order valence-corrected chi connectivity index (χ2v) is 8.32. The van der Waals surface area contributed by atoms with Crippen LogP contribution in [0.5, 0.6) is 0 Å². The third kappa shape index (κ3) is 4.00. The molecule has 2 aromatic rings. The van der Waals surface area contributed by atoms with E-state index in [1.54, 1.807) is 6.07 Å². The molecule has 154 valence electrons. The molecule has 1 saturated heterocycles. The Bertz CT molecular complexity index is 893. The van der Waals surface area contributed by atoms with Gasteiger partial charge in [0.05, 0.1) is 0 Å². The molecule has 0 atom stereocenters. The topological polar surface area (TPSA) is 44.8 Å². The monoisotopic (exact) mass is 397 g/mol. The summed E-state index contributed by atoms with van der Waals surface area (Å²) in [4.78, 5) is 16.8. The number of carbonyl (C=O) groups excluding carboxylic acids is 1. The van der Waals surface area contributed by atoms with Crippen molar-refractivity contribution < 1.29 is 13.9 Å². The fraction of sp³-hybridized carbons (Fsp3) is 0.435. The van der Waals surface area contributed by atoms with Crippen molar-refractivity contribution in [3.05, 3.63) is 65.0 Å². The summed E-state index contributed by atoms with van der Waals surface area (Å²) >= 11 is 0. The van der Waals surface area contributed by atoms with Crippen molar-refractivity contribution in [3.63, 3.8) is 0 Å². The van der Waals surface area contributed by atoms with E-state index >= 15 is 0 Å². The van der Waals surface area contributed by atoms with Gasteiger partial charge in [0.25, 0.3) is 0 Å². The number of hydrogen-bond donors (Lipinski definition) is 1. The van der Waals surface area contributed by atoms with E-state index in [9.17, 15) is 9.18 Å². The van der Waals surface area contributed by atoms with E-state index in [1.165, 1.54) is 11.6 Å². The summed E-state index contributed by atoms with van der Waals surface area (Å²) in [6.07, 6.45) is 1.86. The van der Waals surface area contributed by atoms with E-state index in [0.29, 0.717) is 25.2 Å².